The smallest absolute Gasteiger partial charge is 0.225 e. The quantitative estimate of drug-likeness (QED) is 0.740. The number of nitrogens with two attached hydrogens (primary N) is 1. The first-order valence-corrected chi connectivity index (χ1v) is 10.2. The van der Waals surface area contributed by atoms with Gasteiger partial charge in [-0.3, -0.25) is 9.59 Å². The number of hydrogen-bond acceptors (Lipinski definition) is 3. The van der Waals surface area contributed by atoms with E-state index in [0.717, 1.165) is 51.5 Å². The van der Waals surface area contributed by atoms with E-state index in [4.69, 9.17) is 5.73 Å². The second-order valence-corrected chi connectivity index (χ2v) is 8.49. The summed E-state index contributed by atoms with van der Waals surface area (Å²) in [5.74, 6) is 1.28. The summed E-state index contributed by atoms with van der Waals surface area (Å²) in [6, 6.07) is 0.411. The molecule has 2 saturated carbocycles. The summed E-state index contributed by atoms with van der Waals surface area (Å²) < 4.78 is 0. The third kappa shape index (κ3) is 5.98. The van der Waals surface area contributed by atoms with Crippen molar-refractivity contribution in [3.8, 4) is 0 Å². The Bertz CT molecular complexity index is 438. The normalized spacial score (nSPS) is 25.8. The van der Waals surface area contributed by atoms with Crippen LogP contribution in [0.4, 0.5) is 0 Å². The number of rotatable bonds is 7. The van der Waals surface area contributed by atoms with Crippen LogP contribution in [0.15, 0.2) is 0 Å². The molecule has 0 aromatic heterocycles. The van der Waals surface area contributed by atoms with Crippen LogP contribution in [0.25, 0.3) is 0 Å². The average Bonchev–Trinajstić information content (AvgIpc) is 3.14. The highest BCUT2D eigenvalue weighted by molar-refractivity contribution is 5.80. The van der Waals surface area contributed by atoms with Crippen molar-refractivity contribution in [2.75, 3.05) is 13.6 Å². The van der Waals surface area contributed by atoms with Gasteiger partial charge in [-0.15, -0.1) is 0 Å². The number of nitrogens with one attached hydrogen (secondary N) is 1. The van der Waals surface area contributed by atoms with Gasteiger partial charge in [-0.05, 0) is 50.9 Å². The van der Waals surface area contributed by atoms with E-state index in [1.54, 1.807) is 0 Å². The molecule has 2 aliphatic carbocycles. The van der Waals surface area contributed by atoms with Crippen molar-refractivity contribution in [3.63, 3.8) is 0 Å². The van der Waals surface area contributed by atoms with E-state index in [2.05, 4.69) is 19.2 Å². The molecule has 2 amide bonds. The molecule has 3 N–H and O–H groups in total. The predicted octanol–water partition coefficient (Wildman–Crippen LogP) is 2.68. The van der Waals surface area contributed by atoms with Crippen LogP contribution in [0.2, 0.25) is 0 Å². The number of carbonyl (C=O) groups is 2. The van der Waals surface area contributed by atoms with Gasteiger partial charge in [0.25, 0.3) is 0 Å². The van der Waals surface area contributed by atoms with E-state index in [9.17, 15) is 9.59 Å². The Morgan fingerprint density at radius 3 is 2.20 bits per heavy atom. The van der Waals surface area contributed by atoms with Gasteiger partial charge in [0, 0.05) is 37.5 Å². The summed E-state index contributed by atoms with van der Waals surface area (Å²) in [5.41, 5.74) is 6.08. The maximum atomic E-state index is 12.6. The van der Waals surface area contributed by atoms with Gasteiger partial charge in [0.05, 0.1) is 0 Å². The van der Waals surface area contributed by atoms with Crippen molar-refractivity contribution in [1.29, 1.82) is 0 Å². The van der Waals surface area contributed by atoms with Gasteiger partial charge in [0.15, 0.2) is 0 Å². The molecule has 0 heterocycles. The van der Waals surface area contributed by atoms with Crippen LogP contribution in [-0.4, -0.2) is 42.4 Å². The van der Waals surface area contributed by atoms with Crippen molar-refractivity contribution in [1.82, 2.24) is 10.2 Å². The van der Waals surface area contributed by atoms with E-state index in [1.807, 2.05) is 11.9 Å². The molecule has 5 nitrogen and oxygen atoms in total. The lowest BCUT2D eigenvalue weighted by atomic mass is 9.85. The number of hydrogen-bond donors (Lipinski definition) is 2. The number of nitrogens with zero attached hydrogens (tertiary/aromatic N) is 1. The number of amides is 2. The summed E-state index contributed by atoms with van der Waals surface area (Å²) in [6.45, 7) is 4.97. The maximum Gasteiger partial charge on any atom is 0.225 e. The molecule has 5 heteroatoms. The predicted molar refractivity (Wildman–Crippen MR) is 101 cm³/mol. The van der Waals surface area contributed by atoms with Crippen LogP contribution >= 0.6 is 0 Å². The molecule has 0 spiro atoms. The summed E-state index contributed by atoms with van der Waals surface area (Å²) in [5, 5.41) is 3.22. The van der Waals surface area contributed by atoms with E-state index in [1.165, 1.54) is 12.8 Å². The van der Waals surface area contributed by atoms with Gasteiger partial charge in [0.2, 0.25) is 11.8 Å². The molecular formula is C20H37N3O2. The summed E-state index contributed by atoms with van der Waals surface area (Å²) >= 11 is 0. The van der Waals surface area contributed by atoms with Gasteiger partial charge in [-0.2, -0.15) is 0 Å². The van der Waals surface area contributed by atoms with Gasteiger partial charge in [-0.25, -0.2) is 0 Å². The van der Waals surface area contributed by atoms with E-state index in [0.29, 0.717) is 5.92 Å². The van der Waals surface area contributed by atoms with Crippen molar-refractivity contribution in [2.24, 2.45) is 23.5 Å². The Morgan fingerprint density at radius 1 is 1.04 bits per heavy atom. The first kappa shape index (κ1) is 20.2. The molecular weight excluding hydrogens is 314 g/mol. The highest BCUT2D eigenvalue weighted by atomic mass is 16.2. The molecule has 0 aromatic carbocycles. The topological polar surface area (TPSA) is 75.4 Å². The maximum absolute atomic E-state index is 12.6. The molecule has 2 rings (SSSR count). The lowest BCUT2D eigenvalue weighted by molar-refractivity contribution is -0.135. The molecule has 2 aliphatic rings. The molecule has 0 aliphatic heterocycles. The van der Waals surface area contributed by atoms with Gasteiger partial charge in [0.1, 0.15) is 0 Å². The van der Waals surface area contributed by atoms with Crippen LogP contribution in [0.5, 0.6) is 0 Å². The van der Waals surface area contributed by atoms with Crippen molar-refractivity contribution in [2.45, 2.75) is 83.7 Å². The zero-order chi connectivity index (χ0) is 18.4. The highest BCUT2D eigenvalue weighted by Gasteiger charge is 2.30. The Kier molecular flexibility index (Phi) is 7.73. The third-order valence-electron chi connectivity index (χ3n) is 6.18. The molecule has 0 saturated heterocycles. The van der Waals surface area contributed by atoms with E-state index >= 15 is 0 Å². The molecule has 0 aromatic rings. The fraction of sp³-hybridized carbons (Fsp3) is 0.900. The summed E-state index contributed by atoms with van der Waals surface area (Å²) in [6.07, 6.45) is 8.93. The molecule has 2 fully saturated rings. The number of carbonyl (C=O) groups excluding carboxylic acids is 2. The Morgan fingerprint density at radius 2 is 1.64 bits per heavy atom. The third-order valence-corrected chi connectivity index (χ3v) is 6.18. The van der Waals surface area contributed by atoms with Crippen molar-refractivity contribution < 1.29 is 9.59 Å². The summed E-state index contributed by atoms with van der Waals surface area (Å²) in [7, 11) is 1.89. The first-order valence-electron chi connectivity index (χ1n) is 10.2. The van der Waals surface area contributed by atoms with Gasteiger partial charge >= 0.3 is 0 Å². The van der Waals surface area contributed by atoms with Crippen LogP contribution in [0.1, 0.15) is 71.6 Å². The van der Waals surface area contributed by atoms with Crippen LogP contribution in [0, 0.1) is 17.8 Å². The largest absolute Gasteiger partial charge is 0.353 e. The minimum Gasteiger partial charge on any atom is -0.353 e. The van der Waals surface area contributed by atoms with Crippen molar-refractivity contribution >= 4 is 11.8 Å². The Hall–Kier alpha value is -1.10. The van der Waals surface area contributed by atoms with E-state index < -0.39 is 0 Å². The molecule has 1 unspecified atom stereocenters. The average molecular weight is 352 g/mol. The standard InChI is InChI=1S/C20H37N3O2/c1-14(2)18(21)12-13-23(3)20(25)16-8-10-17(11-9-16)22-19(24)15-6-4-5-7-15/h14-18H,4-13,21H2,1-3H3,(H,22,24). The first-order chi connectivity index (χ1) is 11.9. The second kappa shape index (κ2) is 9.56. The van der Waals surface area contributed by atoms with Crippen LogP contribution in [-0.2, 0) is 9.59 Å². The lowest BCUT2D eigenvalue weighted by Crippen LogP contribution is -2.43. The zero-order valence-corrected chi connectivity index (χ0v) is 16.3. The fourth-order valence-electron chi connectivity index (χ4n) is 4.09. The fourth-order valence-corrected chi connectivity index (χ4v) is 4.09. The monoisotopic (exact) mass is 351 g/mol. The lowest BCUT2D eigenvalue weighted by Gasteiger charge is -2.32. The molecule has 144 valence electrons. The zero-order valence-electron chi connectivity index (χ0n) is 16.3. The molecule has 25 heavy (non-hydrogen) atoms. The van der Waals surface area contributed by atoms with Crippen molar-refractivity contribution in [3.05, 3.63) is 0 Å². The minimum absolute atomic E-state index is 0.111. The Balaban J connectivity index is 1.69. The molecule has 1 atom stereocenters. The molecule has 0 bridgehead atoms. The summed E-state index contributed by atoms with van der Waals surface area (Å²) in [4.78, 5) is 26.7. The molecule has 0 radical (unpaired) electrons. The Labute approximate surface area is 153 Å². The highest BCUT2D eigenvalue weighted by Crippen LogP contribution is 2.28. The van der Waals surface area contributed by atoms with E-state index in [-0.39, 0.29) is 35.7 Å². The second-order valence-electron chi connectivity index (χ2n) is 8.49. The minimum atomic E-state index is 0.111. The van der Waals surface area contributed by atoms with Gasteiger partial charge < -0.3 is 16.0 Å². The SMILES string of the molecule is CC(C)C(N)CCN(C)C(=O)C1CCC(NC(=O)C2CCCC2)CC1. The van der Waals surface area contributed by atoms with Gasteiger partial charge in [-0.1, -0.05) is 26.7 Å². The van der Waals surface area contributed by atoms with Crippen LogP contribution < -0.4 is 11.1 Å². The van der Waals surface area contributed by atoms with Crippen LogP contribution in [0.3, 0.4) is 0 Å².